The number of methoxy groups -OCH3 is 1. The molecule has 0 aliphatic carbocycles. The van der Waals surface area contributed by atoms with Gasteiger partial charge in [0.1, 0.15) is 12.4 Å². The Morgan fingerprint density at radius 3 is 2.56 bits per heavy atom. The summed E-state index contributed by atoms with van der Waals surface area (Å²) in [5.74, 6) is 1.69. The summed E-state index contributed by atoms with van der Waals surface area (Å²) in [5.41, 5.74) is 1.19. The summed E-state index contributed by atoms with van der Waals surface area (Å²) in [6.07, 6.45) is 0. The van der Waals surface area contributed by atoms with Gasteiger partial charge >= 0.3 is 5.97 Å². The van der Waals surface area contributed by atoms with Crippen LogP contribution in [0.3, 0.4) is 0 Å². The van der Waals surface area contributed by atoms with Gasteiger partial charge in [-0.25, -0.2) is 4.79 Å². The van der Waals surface area contributed by atoms with E-state index in [2.05, 4.69) is 14.9 Å². The molecule has 0 atom stereocenters. The van der Waals surface area contributed by atoms with E-state index in [-0.39, 0.29) is 0 Å². The fourth-order valence-electron chi connectivity index (χ4n) is 2.16. The Bertz CT molecular complexity index is 852. The number of para-hydroxylation sites is 1. The Morgan fingerprint density at radius 1 is 1.04 bits per heavy atom. The minimum absolute atomic E-state index is 0.384. The number of benzene rings is 2. The zero-order valence-corrected chi connectivity index (χ0v) is 15.5. The molecular formula is C19H18N2O5S. The second-order valence-electron chi connectivity index (χ2n) is 5.32. The van der Waals surface area contributed by atoms with Crippen molar-refractivity contribution in [1.29, 1.82) is 0 Å². The van der Waals surface area contributed by atoms with Crippen LogP contribution < -0.4 is 4.74 Å². The van der Waals surface area contributed by atoms with Gasteiger partial charge in [0.15, 0.2) is 0 Å². The van der Waals surface area contributed by atoms with Crippen molar-refractivity contribution in [1.82, 2.24) is 10.2 Å². The smallest absolute Gasteiger partial charge is 0.337 e. The Hall–Kier alpha value is -2.84. The summed E-state index contributed by atoms with van der Waals surface area (Å²) in [5, 5.41) is 8.00. The van der Waals surface area contributed by atoms with Gasteiger partial charge in [-0.15, -0.1) is 10.2 Å². The van der Waals surface area contributed by atoms with Crippen molar-refractivity contribution in [2.45, 2.75) is 5.75 Å². The highest BCUT2D eigenvalue weighted by Gasteiger charge is 2.11. The average molecular weight is 386 g/mol. The highest BCUT2D eigenvalue weighted by molar-refractivity contribution is 7.93. The van der Waals surface area contributed by atoms with Gasteiger partial charge in [0.25, 0.3) is 0 Å². The summed E-state index contributed by atoms with van der Waals surface area (Å²) >= 11 is 1.22. The maximum atomic E-state index is 11.4. The maximum absolute atomic E-state index is 11.4. The third-order valence-corrected chi connectivity index (χ3v) is 4.16. The number of esters is 1. The largest absolute Gasteiger partial charge is 0.491 e. The standard InChI is InChI=1S/C19H18N2O5S/c1-23-19(22)15-9-7-14(8-10-15)18-21-20-17(26-18)13-27-25-12-11-24-16-5-3-2-4-6-16/h2-10H,11-13H2,1H3. The molecule has 0 unspecified atom stereocenters. The van der Waals surface area contributed by atoms with Gasteiger partial charge in [-0.1, -0.05) is 18.2 Å². The third-order valence-electron chi connectivity index (χ3n) is 3.46. The Morgan fingerprint density at radius 2 is 1.81 bits per heavy atom. The molecular weight excluding hydrogens is 368 g/mol. The van der Waals surface area contributed by atoms with Crippen molar-refractivity contribution in [3.8, 4) is 17.2 Å². The highest BCUT2D eigenvalue weighted by atomic mass is 32.2. The van der Waals surface area contributed by atoms with Crippen LogP contribution in [0.2, 0.25) is 0 Å². The number of hydrogen-bond donors (Lipinski definition) is 0. The van der Waals surface area contributed by atoms with Crippen LogP contribution in [0.25, 0.3) is 11.5 Å². The van der Waals surface area contributed by atoms with Gasteiger partial charge in [0.05, 0.1) is 25.0 Å². The van der Waals surface area contributed by atoms with Gasteiger partial charge in [0, 0.05) is 17.6 Å². The van der Waals surface area contributed by atoms with Crippen LogP contribution >= 0.6 is 12.0 Å². The molecule has 0 saturated heterocycles. The van der Waals surface area contributed by atoms with Crippen LogP contribution in [0.5, 0.6) is 5.75 Å². The van der Waals surface area contributed by atoms with Crippen molar-refractivity contribution in [3.05, 3.63) is 66.1 Å². The lowest BCUT2D eigenvalue weighted by Gasteiger charge is -2.05. The highest BCUT2D eigenvalue weighted by Crippen LogP contribution is 2.21. The lowest BCUT2D eigenvalue weighted by Crippen LogP contribution is -2.03. The topological polar surface area (TPSA) is 83.7 Å². The molecule has 27 heavy (non-hydrogen) atoms. The molecule has 0 N–H and O–H groups in total. The zero-order valence-electron chi connectivity index (χ0n) is 14.7. The normalized spacial score (nSPS) is 10.6. The van der Waals surface area contributed by atoms with E-state index in [0.29, 0.717) is 36.3 Å². The van der Waals surface area contributed by atoms with E-state index < -0.39 is 5.97 Å². The molecule has 0 aliphatic heterocycles. The molecule has 1 heterocycles. The molecule has 0 radical (unpaired) electrons. The molecule has 0 saturated carbocycles. The molecule has 0 fully saturated rings. The molecule has 3 rings (SSSR count). The van der Waals surface area contributed by atoms with E-state index in [0.717, 1.165) is 11.3 Å². The number of carbonyl (C=O) groups excluding carboxylic acids is 1. The lowest BCUT2D eigenvalue weighted by molar-refractivity contribution is 0.0600. The zero-order chi connectivity index (χ0) is 18.9. The Labute approximate surface area is 160 Å². The van der Waals surface area contributed by atoms with Crippen LogP contribution in [-0.2, 0) is 14.7 Å². The molecule has 140 valence electrons. The van der Waals surface area contributed by atoms with E-state index in [1.165, 1.54) is 19.2 Å². The van der Waals surface area contributed by atoms with Crippen molar-refractivity contribution >= 4 is 18.0 Å². The Kier molecular flexibility index (Phi) is 6.84. The molecule has 3 aromatic rings. The summed E-state index contributed by atoms with van der Waals surface area (Å²) in [6, 6.07) is 16.3. The second-order valence-corrected chi connectivity index (χ2v) is 6.08. The van der Waals surface area contributed by atoms with Gasteiger partial charge in [-0.3, -0.25) is 0 Å². The second kappa shape index (κ2) is 9.75. The fourth-order valence-corrected chi connectivity index (χ4v) is 2.64. The van der Waals surface area contributed by atoms with Crippen LogP contribution in [0.15, 0.2) is 59.0 Å². The predicted octanol–water partition coefficient (Wildman–Crippen LogP) is 3.77. The molecule has 8 heteroatoms. The number of rotatable bonds is 9. The molecule has 0 amide bonds. The SMILES string of the molecule is COC(=O)c1ccc(-c2nnc(CSOCCOc3ccccc3)o2)cc1. The number of carbonyl (C=O) groups is 1. The lowest BCUT2D eigenvalue weighted by atomic mass is 10.1. The van der Waals surface area contributed by atoms with E-state index in [9.17, 15) is 4.79 Å². The van der Waals surface area contributed by atoms with Crippen molar-refractivity contribution < 1.29 is 22.9 Å². The molecule has 0 bridgehead atoms. The number of aromatic nitrogens is 2. The first-order valence-corrected chi connectivity index (χ1v) is 9.11. The van der Waals surface area contributed by atoms with Gasteiger partial charge < -0.3 is 18.1 Å². The van der Waals surface area contributed by atoms with E-state index >= 15 is 0 Å². The fraction of sp³-hybridized carbons (Fsp3) is 0.211. The van der Waals surface area contributed by atoms with Crippen molar-refractivity contribution in [2.24, 2.45) is 0 Å². The predicted molar refractivity (Wildman–Crippen MR) is 100 cm³/mol. The summed E-state index contributed by atoms with van der Waals surface area (Å²) in [7, 11) is 1.34. The minimum Gasteiger partial charge on any atom is -0.491 e. The average Bonchev–Trinajstić information content (AvgIpc) is 3.20. The van der Waals surface area contributed by atoms with Crippen LogP contribution in [0.1, 0.15) is 16.2 Å². The van der Waals surface area contributed by atoms with Crippen LogP contribution in [-0.4, -0.2) is 36.5 Å². The third kappa shape index (κ3) is 5.57. The maximum Gasteiger partial charge on any atom is 0.337 e. The summed E-state index contributed by atoms with van der Waals surface area (Å²) < 4.78 is 21.2. The summed E-state index contributed by atoms with van der Waals surface area (Å²) in [6.45, 7) is 0.897. The molecule has 7 nitrogen and oxygen atoms in total. The van der Waals surface area contributed by atoms with E-state index in [1.54, 1.807) is 24.3 Å². The van der Waals surface area contributed by atoms with Gasteiger partial charge in [-0.2, -0.15) is 0 Å². The van der Waals surface area contributed by atoms with Crippen LogP contribution in [0, 0.1) is 0 Å². The van der Waals surface area contributed by atoms with Gasteiger partial charge in [-0.05, 0) is 36.4 Å². The molecule has 2 aromatic carbocycles. The van der Waals surface area contributed by atoms with E-state index in [1.807, 2.05) is 30.3 Å². The number of ether oxygens (including phenoxy) is 2. The molecule has 0 aliphatic rings. The molecule has 1 aromatic heterocycles. The number of hydrogen-bond acceptors (Lipinski definition) is 8. The summed E-state index contributed by atoms with van der Waals surface area (Å²) in [4.78, 5) is 11.4. The van der Waals surface area contributed by atoms with Gasteiger partial charge in [0.2, 0.25) is 11.8 Å². The first kappa shape index (κ1) is 18.9. The van der Waals surface area contributed by atoms with Crippen LogP contribution in [0.4, 0.5) is 0 Å². The first-order valence-electron chi connectivity index (χ1n) is 8.19. The van der Waals surface area contributed by atoms with Crippen molar-refractivity contribution in [3.63, 3.8) is 0 Å². The molecule has 0 spiro atoms. The quantitative estimate of drug-likeness (QED) is 0.312. The van der Waals surface area contributed by atoms with E-state index in [4.69, 9.17) is 13.3 Å². The minimum atomic E-state index is -0.391. The van der Waals surface area contributed by atoms with Crippen molar-refractivity contribution in [2.75, 3.05) is 20.3 Å². The first-order chi connectivity index (χ1) is 13.3. The number of nitrogens with zero attached hydrogens (tertiary/aromatic N) is 2. The Balaban J connectivity index is 1.41. The monoisotopic (exact) mass is 386 g/mol.